The van der Waals surface area contributed by atoms with E-state index in [-0.39, 0.29) is 0 Å². The van der Waals surface area contributed by atoms with Gasteiger partial charge in [0.05, 0.1) is 22.1 Å². The van der Waals surface area contributed by atoms with E-state index in [4.69, 9.17) is 0 Å². The third-order valence-electron chi connectivity index (χ3n) is 13.1. The Hall–Kier alpha value is -8.20. The number of benzene rings is 11. The van der Waals surface area contributed by atoms with Crippen LogP contribution in [0, 0.1) is 0 Å². The monoisotopic (exact) mass is 786 g/mol. The minimum Gasteiger partial charge on any atom is -0.309 e. The summed E-state index contributed by atoms with van der Waals surface area (Å²) in [6.45, 7) is 0. The van der Waals surface area contributed by atoms with Gasteiger partial charge in [0, 0.05) is 32.9 Å². The van der Waals surface area contributed by atoms with Crippen molar-refractivity contribution in [3.63, 3.8) is 0 Å². The molecule has 0 aliphatic heterocycles. The Morgan fingerprint density at radius 2 is 0.629 bits per heavy atom. The molecule has 0 aliphatic rings. The van der Waals surface area contributed by atoms with Crippen molar-refractivity contribution in [3.05, 3.63) is 231 Å². The summed E-state index contributed by atoms with van der Waals surface area (Å²) in [6.07, 6.45) is 0. The fourth-order valence-electron chi connectivity index (χ4n) is 10.4. The van der Waals surface area contributed by atoms with Crippen molar-refractivity contribution in [1.82, 2.24) is 9.13 Å². The van der Waals surface area contributed by atoms with Crippen molar-refractivity contribution in [3.8, 4) is 44.8 Å². The van der Waals surface area contributed by atoms with Crippen molar-refractivity contribution in [2.45, 2.75) is 0 Å². The Bertz CT molecular complexity index is 3840. The Labute approximate surface area is 358 Å². The lowest BCUT2D eigenvalue weighted by atomic mass is 9.85. The molecule has 0 atom stereocenters. The molecule has 0 spiro atoms. The molecule has 13 aromatic rings. The van der Waals surface area contributed by atoms with Gasteiger partial charge in [-0.15, -0.1) is 0 Å². The molecule has 288 valence electrons. The highest BCUT2D eigenvalue weighted by molar-refractivity contribution is 6.23. The maximum Gasteiger partial charge on any atom is 0.0541 e. The Balaban J connectivity index is 0.946. The maximum absolute atomic E-state index is 2.43. The lowest BCUT2D eigenvalue weighted by Gasteiger charge is -2.19. The highest BCUT2D eigenvalue weighted by Gasteiger charge is 2.20. The molecule has 11 aromatic carbocycles. The second-order valence-electron chi connectivity index (χ2n) is 16.4. The predicted molar refractivity (Wildman–Crippen MR) is 264 cm³/mol. The first-order valence-electron chi connectivity index (χ1n) is 21.4. The van der Waals surface area contributed by atoms with E-state index in [2.05, 4.69) is 240 Å². The van der Waals surface area contributed by atoms with Gasteiger partial charge in [-0.1, -0.05) is 170 Å². The normalized spacial score (nSPS) is 11.9. The fraction of sp³-hybridized carbons (Fsp3) is 0. The molecule has 62 heavy (non-hydrogen) atoms. The van der Waals surface area contributed by atoms with Gasteiger partial charge in [0.15, 0.2) is 0 Å². The van der Waals surface area contributed by atoms with Gasteiger partial charge in [0.25, 0.3) is 0 Å². The molecule has 0 bridgehead atoms. The van der Waals surface area contributed by atoms with Gasteiger partial charge in [-0.25, -0.2) is 0 Å². The SMILES string of the molecule is c1ccc(-n2c3ccccc3c3cc(-c4ccc5c(c4)c4ccccc4n5-c4ccc(-c5c6ccccc6c(-c6cccc7ccccc67)c6ccccc56)cc4)ccc32)cc1. The van der Waals surface area contributed by atoms with Crippen LogP contribution in [0.4, 0.5) is 0 Å². The molecular formula is C60H38N2. The third-order valence-corrected chi connectivity index (χ3v) is 13.1. The summed E-state index contributed by atoms with van der Waals surface area (Å²) < 4.78 is 4.80. The van der Waals surface area contributed by atoms with Crippen molar-refractivity contribution in [2.24, 2.45) is 0 Å². The van der Waals surface area contributed by atoms with Crippen LogP contribution in [0.3, 0.4) is 0 Å². The third kappa shape index (κ3) is 5.17. The molecule has 2 aromatic heterocycles. The first kappa shape index (κ1) is 34.6. The van der Waals surface area contributed by atoms with Crippen molar-refractivity contribution in [1.29, 1.82) is 0 Å². The van der Waals surface area contributed by atoms with E-state index < -0.39 is 0 Å². The standard InChI is InChI=1S/C60H38N2/c1-2-17-43(18-3-1)61-55-27-12-10-20-46(55)53-37-41(31-35-57(53)61)42-32-36-58-54(38-42)47-21-11-13-28-56(47)62(58)44-33-29-40(30-34-44)59-49-22-6-8-24-51(49)60(52-25-9-7-23-50(52)59)48-26-14-16-39-15-4-5-19-45(39)48/h1-38H. The highest BCUT2D eigenvalue weighted by Crippen LogP contribution is 2.46. The lowest BCUT2D eigenvalue weighted by Crippen LogP contribution is -1.95. The molecule has 2 heterocycles. The lowest BCUT2D eigenvalue weighted by molar-refractivity contribution is 1.18. The average Bonchev–Trinajstić information content (AvgIpc) is 3.86. The molecule has 0 aliphatic carbocycles. The van der Waals surface area contributed by atoms with Crippen LogP contribution in [-0.2, 0) is 0 Å². The summed E-state index contributed by atoms with van der Waals surface area (Å²) >= 11 is 0. The molecule has 2 heteroatoms. The van der Waals surface area contributed by atoms with E-state index in [1.807, 2.05) is 0 Å². The van der Waals surface area contributed by atoms with Gasteiger partial charge >= 0.3 is 0 Å². The highest BCUT2D eigenvalue weighted by atomic mass is 15.0. The molecule has 2 nitrogen and oxygen atoms in total. The van der Waals surface area contributed by atoms with Crippen LogP contribution in [-0.4, -0.2) is 9.13 Å². The number of rotatable bonds is 5. The molecule has 0 radical (unpaired) electrons. The topological polar surface area (TPSA) is 9.86 Å². The van der Waals surface area contributed by atoms with Crippen LogP contribution in [0.1, 0.15) is 0 Å². The summed E-state index contributed by atoms with van der Waals surface area (Å²) in [5.74, 6) is 0. The van der Waals surface area contributed by atoms with E-state index in [9.17, 15) is 0 Å². The zero-order chi connectivity index (χ0) is 40.7. The molecule has 13 rings (SSSR count). The van der Waals surface area contributed by atoms with Crippen molar-refractivity contribution >= 4 is 75.9 Å². The fourth-order valence-corrected chi connectivity index (χ4v) is 10.4. The zero-order valence-corrected chi connectivity index (χ0v) is 33.8. The van der Waals surface area contributed by atoms with Crippen LogP contribution < -0.4 is 0 Å². The van der Waals surface area contributed by atoms with E-state index >= 15 is 0 Å². The summed E-state index contributed by atoms with van der Waals surface area (Å²) in [6, 6.07) is 84.7. The van der Waals surface area contributed by atoms with Crippen molar-refractivity contribution < 1.29 is 0 Å². The maximum atomic E-state index is 2.43. The van der Waals surface area contributed by atoms with E-state index in [1.165, 1.54) is 115 Å². The largest absolute Gasteiger partial charge is 0.309 e. The number of fused-ring (bicyclic) bond motifs is 9. The number of para-hydroxylation sites is 3. The van der Waals surface area contributed by atoms with E-state index in [0.717, 1.165) is 5.69 Å². The Morgan fingerprint density at radius 3 is 1.19 bits per heavy atom. The van der Waals surface area contributed by atoms with Gasteiger partial charge in [-0.2, -0.15) is 0 Å². The number of aromatic nitrogens is 2. The second kappa shape index (κ2) is 13.7. The quantitative estimate of drug-likeness (QED) is 0.154. The van der Waals surface area contributed by atoms with Crippen LogP contribution >= 0.6 is 0 Å². The Morgan fingerprint density at radius 1 is 0.226 bits per heavy atom. The molecule has 0 amide bonds. The van der Waals surface area contributed by atoms with E-state index in [0.29, 0.717) is 0 Å². The van der Waals surface area contributed by atoms with E-state index in [1.54, 1.807) is 0 Å². The molecule has 0 saturated heterocycles. The van der Waals surface area contributed by atoms with Crippen LogP contribution in [0.5, 0.6) is 0 Å². The van der Waals surface area contributed by atoms with Crippen LogP contribution in [0.2, 0.25) is 0 Å². The van der Waals surface area contributed by atoms with Gasteiger partial charge in [-0.3, -0.25) is 0 Å². The average molecular weight is 787 g/mol. The molecule has 0 N–H and O–H groups in total. The number of nitrogens with zero attached hydrogens (tertiary/aromatic N) is 2. The zero-order valence-electron chi connectivity index (χ0n) is 33.8. The van der Waals surface area contributed by atoms with Gasteiger partial charge < -0.3 is 9.13 Å². The predicted octanol–water partition coefficient (Wildman–Crippen LogP) is 16.3. The summed E-state index contributed by atoms with van der Waals surface area (Å²) in [7, 11) is 0. The minimum atomic E-state index is 1.14. The summed E-state index contributed by atoms with van der Waals surface area (Å²) in [5.41, 5.74) is 14.6. The van der Waals surface area contributed by atoms with Crippen LogP contribution in [0.15, 0.2) is 231 Å². The van der Waals surface area contributed by atoms with Gasteiger partial charge in [0.1, 0.15) is 0 Å². The molecule has 0 unspecified atom stereocenters. The number of hydrogen-bond acceptors (Lipinski definition) is 0. The smallest absolute Gasteiger partial charge is 0.0541 e. The molecular weight excluding hydrogens is 749 g/mol. The minimum absolute atomic E-state index is 1.14. The van der Waals surface area contributed by atoms with Crippen molar-refractivity contribution in [2.75, 3.05) is 0 Å². The second-order valence-corrected chi connectivity index (χ2v) is 16.4. The van der Waals surface area contributed by atoms with Gasteiger partial charge in [0.2, 0.25) is 0 Å². The first-order valence-corrected chi connectivity index (χ1v) is 21.4. The Kier molecular flexibility index (Phi) is 7.64. The van der Waals surface area contributed by atoms with Gasteiger partial charge in [-0.05, 0) is 126 Å². The number of hydrogen-bond donors (Lipinski definition) is 0. The molecule has 0 saturated carbocycles. The summed E-state index contributed by atoms with van der Waals surface area (Å²) in [4.78, 5) is 0. The first-order chi connectivity index (χ1) is 30.8. The van der Waals surface area contributed by atoms with Crippen LogP contribution in [0.25, 0.3) is 121 Å². The molecule has 0 fully saturated rings. The summed E-state index contributed by atoms with van der Waals surface area (Å²) in [5, 5.41) is 12.6.